The monoisotopic (exact) mass is 240 g/mol. The summed E-state index contributed by atoms with van der Waals surface area (Å²) in [7, 11) is 1.64. The van der Waals surface area contributed by atoms with Crippen LogP contribution in [0.5, 0.6) is 5.75 Å². The van der Waals surface area contributed by atoms with Crippen molar-refractivity contribution in [3.05, 3.63) is 29.8 Å². The molecule has 0 N–H and O–H groups in total. The van der Waals surface area contributed by atoms with Gasteiger partial charge in [0.1, 0.15) is 11.4 Å². The molecule has 3 heteroatoms. The van der Waals surface area contributed by atoms with Crippen LogP contribution in [0.15, 0.2) is 24.3 Å². The molecular formula is C13H17FOS. The first-order chi connectivity index (χ1) is 7.73. The summed E-state index contributed by atoms with van der Waals surface area (Å²) in [5, 5.41) is 0. The maximum atomic E-state index is 14.5. The lowest BCUT2D eigenvalue weighted by Crippen LogP contribution is -2.31. The molecule has 0 aromatic heterocycles. The van der Waals surface area contributed by atoms with Gasteiger partial charge in [-0.3, -0.25) is 0 Å². The first kappa shape index (κ1) is 11.8. The van der Waals surface area contributed by atoms with Crippen molar-refractivity contribution in [2.75, 3.05) is 18.6 Å². The highest BCUT2D eigenvalue weighted by molar-refractivity contribution is 7.99. The Morgan fingerprint density at radius 2 is 2.00 bits per heavy atom. The van der Waals surface area contributed by atoms with Gasteiger partial charge < -0.3 is 4.74 Å². The molecule has 0 radical (unpaired) electrons. The number of hydrogen-bond acceptors (Lipinski definition) is 2. The lowest BCUT2D eigenvalue weighted by atomic mass is 9.90. The summed E-state index contributed by atoms with van der Waals surface area (Å²) in [6.45, 7) is 0. The van der Waals surface area contributed by atoms with Crippen LogP contribution in [0.25, 0.3) is 0 Å². The van der Waals surface area contributed by atoms with Gasteiger partial charge >= 0.3 is 0 Å². The molecule has 88 valence electrons. The van der Waals surface area contributed by atoms with E-state index in [2.05, 4.69) is 0 Å². The van der Waals surface area contributed by atoms with E-state index in [1.54, 1.807) is 7.11 Å². The maximum Gasteiger partial charge on any atom is 0.122 e. The van der Waals surface area contributed by atoms with E-state index < -0.39 is 5.67 Å². The Balaban J connectivity index is 2.12. The first-order valence-electron chi connectivity index (χ1n) is 5.62. The molecule has 0 aliphatic carbocycles. The summed E-state index contributed by atoms with van der Waals surface area (Å²) >= 11 is 1.85. The second-order valence-corrected chi connectivity index (χ2v) is 5.48. The molecule has 1 aromatic rings. The normalized spacial score (nSPS) is 19.4. The second kappa shape index (κ2) is 5.09. The van der Waals surface area contributed by atoms with Gasteiger partial charge in [-0.2, -0.15) is 11.8 Å². The number of hydrogen-bond donors (Lipinski definition) is 0. The zero-order valence-corrected chi connectivity index (χ0v) is 10.4. The fraction of sp³-hybridized carbons (Fsp3) is 0.538. The Morgan fingerprint density at radius 3 is 2.69 bits per heavy atom. The smallest absolute Gasteiger partial charge is 0.122 e. The van der Waals surface area contributed by atoms with E-state index in [4.69, 9.17) is 4.74 Å². The van der Waals surface area contributed by atoms with Gasteiger partial charge in [-0.25, -0.2) is 4.39 Å². The number of halogens is 1. The summed E-state index contributed by atoms with van der Waals surface area (Å²) in [6, 6.07) is 7.72. The molecule has 1 aliphatic rings. The standard InChI is InChI=1S/C13H17FOS/c1-15-12-5-3-2-4-11(12)10-13(14)6-8-16-9-7-13/h2-5H,6-10H2,1H3. The fourth-order valence-corrected chi connectivity index (χ4v) is 3.33. The molecule has 1 aromatic carbocycles. The average Bonchev–Trinajstić information content (AvgIpc) is 2.30. The topological polar surface area (TPSA) is 9.23 Å². The highest BCUT2D eigenvalue weighted by atomic mass is 32.2. The lowest BCUT2D eigenvalue weighted by molar-refractivity contribution is 0.149. The van der Waals surface area contributed by atoms with E-state index in [0.29, 0.717) is 19.3 Å². The minimum atomic E-state index is -1.03. The molecule has 1 saturated heterocycles. The lowest BCUT2D eigenvalue weighted by Gasteiger charge is -2.29. The highest BCUT2D eigenvalue weighted by Gasteiger charge is 2.32. The Kier molecular flexibility index (Phi) is 3.74. The third kappa shape index (κ3) is 2.70. The summed E-state index contributed by atoms with van der Waals surface area (Å²) in [4.78, 5) is 0. The minimum Gasteiger partial charge on any atom is -0.496 e. The van der Waals surface area contributed by atoms with Crippen LogP contribution in [0.3, 0.4) is 0 Å². The molecule has 1 fully saturated rings. The van der Waals surface area contributed by atoms with Gasteiger partial charge in [-0.1, -0.05) is 18.2 Å². The predicted octanol–water partition coefficient (Wildman–Crippen LogP) is 3.47. The molecule has 1 nitrogen and oxygen atoms in total. The number of para-hydroxylation sites is 1. The van der Waals surface area contributed by atoms with Crippen molar-refractivity contribution < 1.29 is 9.13 Å². The van der Waals surface area contributed by atoms with E-state index in [1.807, 2.05) is 36.0 Å². The number of ether oxygens (including phenoxy) is 1. The maximum absolute atomic E-state index is 14.5. The zero-order valence-electron chi connectivity index (χ0n) is 9.54. The number of thioether (sulfide) groups is 1. The zero-order chi connectivity index (χ0) is 11.4. The van der Waals surface area contributed by atoms with Crippen molar-refractivity contribution in [3.63, 3.8) is 0 Å². The van der Waals surface area contributed by atoms with Gasteiger partial charge in [0, 0.05) is 6.42 Å². The van der Waals surface area contributed by atoms with Crippen LogP contribution in [0.4, 0.5) is 4.39 Å². The van der Waals surface area contributed by atoms with E-state index in [1.165, 1.54) is 0 Å². The van der Waals surface area contributed by atoms with E-state index >= 15 is 0 Å². The Labute approximate surface area is 100 Å². The number of benzene rings is 1. The summed E-state index contributed by atoms with van der Waals surface area (Å²) < 4.78 is 19.8. The van der Waals surface area contributed by atoms with Gasteiger partial charge in [0.05, 0.1) is 7.11 Å². The van der Waals surface area contributed by atoms with Gasteiger partial charge in [-0.05, 0) is 36.0 Å². The average molecular weight is 240 g/mol. The molecular weight excluding hydrogens is 223 g/mol. The molecule has 0 unspecified atom stereocenters. The number of rotatable bonds is 3. The van der Waals surface area contributed by atoms with Crippen molar-refractivity contribution in [3.8, 4) is 5.75 Å². The highest BCUT2D eigenvalue weighted by Crippen LogP contribution is 2.35. The summed E-state index contributed by atoms with van der Waals surface area (Å²) in [5.74, 6) is 2.68. The molecule has 0 bridgehead atoms. The quantitative estimate of drug-likeness (QED) is 0.800. The van der Waals surface area contributed by atoms with E-state index in [-0.39, 0.29) is 0 Å². The second-order valence-electron chi connectivity index (χ2n) is 4.25. The van der Waals surface area contributed by atoms with Gasteiger partial charge in [0.25, 0.3) is 0 Å². The van der Waals surface area contributed by atoms with Crippen LogP contribution in [0.1, 0.15) is 18.4 Å². The molecule has 1 heterocycles. The third-order valence-electron chi connectivity index (χ3n) is 3.09. The molecule has 0 atom stereocenters. The van der Waals surface area contributed by atoms with Crippen molar-refractivity contribution in [1.29, 1.82) is 0 Å². The van der Waals surface area contributed by atoms with Crippen molar-refractivity contribution in [2.45, 2.75) is 24.9 Å². The van der Waals surface area contributed by atoms with Crippen molar-refractivity contribution in [2.24, 2.45) is 0 Å². The summed E-state index contributed by atoms with van der Waals surface area (Å²) in [5.41, 5.74) is -0.0423. The largest absolute Gasteiger partial charge is 0.496 e. The van der Waals surface area contributed by atoms with E-state index in [9.17, 15) is 4.39 Å². The van der Waals surface area contributed by atoms with Crippen LogP contribution in [-0.4, -0.2) is 24.3 Å². The van der Waals surface area contributed by atoms with Crippen molar-refractivity contribution in [1.82, 2.24) is 0 Å². The SMILES string of the molecule is COc1ccccc1CC1(F)CCSCC1. The van der Waals surface area contributed by atoms with Gasteiger partial charge in [0.2, 0.25) is 0 Å². The summed E-state index contributed by atoms with van der Waals surface area (Å²) in [6.07, 6.45) is 1.81. The molecule has 0 amide bonds. The Morgan fingerprint density at radius 1 is 1.31 bits per heavy atom. The fourth-order valence-electron chi connectivity index (χ4n) is 2.10. The molecule has 2 rings (SSSR count). The Hall–Kier alpha value is -0.700. The molecule has 16 heavy (non-hydrogen) atoms. The molecule has 0 spiro atoms. The first-order valence-corrected chi connectivity index (χ1v) is 6.77. The molecule has 1 aliphatic heterocycles. The van der Waals surface area contributed by atoms with Gasteiger partial charge in [-0.15, -0.1) is 0 Å². The Bertz CT molecular complexity index is 348. The predicted molar refractivity (Wildman–Crippen MR) is 67.1 cm³/mol. The van der Waals surface area contributed by atoms with Crippen LogP contribution >= 0.6 is 11.8 Å². The van der Waals surface area contributed by atoms with Crippen LogP contribution in [0.2, 0.25) is 0 Å². The molecule has 0 saturated carbocycles. The van der Waals surface area contributed by atoms with Gasteiger partial charge in [0.15, 0.2) is 0 Å². The van der Waals surface area contributed by atoms with Crippen LogP contribution in [0, 0.1) is 0 Å². The number of alkyl halides is 1. The van der Waals surface area contributed by atoms with E-state index in [0.717, 1.165) is 22.8 Å². The van der Waals surface area contributed by atoms with Crippen LogP contribution in [-0.2, 0) is 6.42 Å². The third-order valence-corrected chi connectivity index (χ3v) is 4.07. The van der Waals surface area contributed by atoms with Crippen LogP contribution < -0.4 is 4.74 Å². The van der Waals surface area contributed by atoms with Crippen molar-refractivity contribution >= 4 is 11.8 Å². The number of methoxy groups -OCH3 is 1. The minimum absolute atomic E-state index is 0.484.